The molecule has 0 bridgehead atoms. The maximum atomic E-state index is 4.34. The summed E-state index contributed by atoms with van der Waals surface area (Å²) in [4.78, 5) is 17.7. The molecule has 2 aromatic rings. The van der Waals surface area contributed by atoms with Gasteiger partial charge in [0.15, 0.2) is 0 Å². The Morgan fingerprint density at radius 1 is 1.11 bits per heavy atom. The molecule has 18 heavy (non-hydrogen) atoms. The number of hydrogen-bond donors (Lipinski definition) is 3. The standard InChI is InChI=1S/C11H17N7/c1-7-5-13-6-8(7)14-10-15-9(12-2)16-11(17-10)18(3)4/h5-6,13H,1-4H3,(H2,12,14,15,16,17). The third kappa shape index (κ3) is 2.50. The van der Waals surface area contributed by atoms with Crippen molar-refractivity contribution in [2.45, 2.75) is 6.92 Å². The van der Waals surface area contributed by atoms with Crippen molar-refractivity contribution < 1.29 is 0 Å². The first kappa shape index (κ1) is 12.2. The third-order valence-corrected chi connectivity index (χ3v) is 2.45. The number of aryl methyl sites for hydroxylation is 1. The Hall–Kier alpha value is -2.31. The molecule has 0 atom stereocenters. The molecule has 0 saturated carbocycles. The number of nitrogens with one attached hydrogen (secondary N) is 3. The molecule has 2 heterocycles. The molecule has 2 rings (SSSR count). The van der Waals surface area contributed by atoms with E-state index in [9.17, 15) is 0 Å². The molecule has 3 N–H and O–H groups in total. The minimum absolute atomic E-state index is 0.515. The summed E-state index contributed by atoms with van der Waals surface area (Å²) < 4.78 is 0. The van der Waals surface area contributed by atoms with Crippen LogP contribution in [0.4, 0.5) is 23.5 Å². The highest BCUT2D eigenvalue weighted by molar-refractivity contribution is 5.58. The molecule has 0 unspecified atom stereocenters. The van der Waals surface area contributed by atoms with E-state index in [0.717, 1.165) is 11.3 Å². The van der Waals surface area contributed by atoms with Crippen LogP contribution in [0.2, 0.25) is 0 Å². The van der Waals surface area contributed by atoms with Gasteiger partial charge in [-0.1, -0.05) is 0 Å². The summed E-state index contributed by atoms with van der Waals surface area (Å²) in [6, 6.07) is 0. The molecule has 7 nitrogen and oxygen atoms in total. The van der Waals surface area contributed by atoms with Crippen LogP contribution in [0.25, 0.3) is 0 Å². The zero-order valence-corrected chi connectivity index (χ0v) is 10.9. The van der Waals surface area contributed by atoms with E-state index in [1.54, 1.807) is 7.05 Å². The minimum atomic E-state index is 0.515. The molecule has 0 saturated heterocycles. The predicted octanol–water partition coefficient (Wildman–Crippen LogP) is 1.36. The fourth-order valence-corrected chi connectivity index (χ4v) is 1.43. The summed E-state index contributed by atoms with van der Waals surface area (Å²) in [7, 11) is 5.56. The SMILES string of the molecule is CNc1nc(Nc2c[nH]cc2C)nc(N(C)C)n1. The molecular formula is C11H17N7. The summed E-state index contributed by atoms with van der Waals surface area (Å²) in [5.74, 6) is 1.65. The molecule has 96 valence electrons. The van der Waals surface area contributed by atoms with Crippen LogP contribution in [0, 0.1) is 6.92 Å². The van der Waals surface area contributed by atoms with Crippen LogP contribution >= 0.6 is 0 Å². The Morgan fingerprint density at radius 3 is 2.39 bits per heavy atom. The smallest absolute Gasteiger partial charge is 0.233 e. The predicted molar refractivity (Wildman–Crippen MR) is 72.5 cm³/mol. The highest BCUT2D eigenvalue weighted by Crippen LogP contribution is 2.19. The van der Waals surface area contributed by atoms with Gasteiger partial charge in [0.05, 0.1) is 5.69 Å². The van der Waals surface area contributed by atoms with Crippen LogP contribution in [0.5, 0.6) is 0 Å². The van der Waals surface area contributed by atoms with Crippen LogP contribution in [-0.2, 0) is 0 Å². The number of aromatic nitrogens is 4. The maximum absolute atomic E-state index is 4.34. The van der Waals surface area contributed by atoms with Gasteiger partial charge < -0.3 is 20.5 Å². The lowest BCUT2D eigenvalue weighted by Crippen LogP contribution is -2.15. The van der Waals surface area contributed by atoms with Crippen molar-refractivity contribution in [3.63, 3.8) is 0 Å². The average molecular weight is 247 g/mol. The summed E-state index contributed by atoms with van der Waals surface area (Å²) in [5, 5.41) is 6.08. The van der Waals surface area contributed by atoms with Crippen molar-refractivity contribution in [2.24, 2.45) is 0 Å². The van der Waals surface area contributed by atoms with E-state index in [0.29, 0.717) is 17.8 Å². The third-order valence-electron chi connectivity index (χ3n) is 2.45. The molecule has 0 amide bonds. The van der Waals surface area contributed by atoms with Gasteiger partial charge in [0.1, 0.15) is 0 Å². The van der Waals surface area contributed by atoms with Gasteiger partial charge in [-0.3, -0.25) is 0 Å². The van der Waals surface area contributed by atoms with Gasteiger partial charge in [0, 0.05) is 33.5 Å². The molecule has 0 fully saturated rings. The van der Waals surface area contributed by atoms with E-state index < -0.39 is 0 Å². The minimum Gasteiger partial charge on any atom is -0.366 e. The van der Waals surface area contributed by atoms with E-state index >= 15 is 0 Å². The topological polar surface area (TPSA) is 81.8 Å². The Kier molecular flexibility index (Phi) is 3.31. The molecule has 0 spiro atoms. The highest BCUT2D eigenvalue weighted by Gasteiger charge is 2.08. The lowest BCUT2D eigenvalue weighted by atomic mass is 10.3. The number of aromatic amines is 1. The normalized spacial score (nSPS) is 10.2. The van der Waals surface area contributed by atoms with Gasteiger partial charge in [-0.25, -0.2) is 0 Å². The van der Waals surface area contributed by atoms with Crippen LogP contribution < -0.4 is 15.5 Å². The van der Waals surface area contributed by atoms with Crippen LogP contribution in [0.1, 0.15) is 5.56 Å². The van der Waals surface area contributed by atoms with Crippen molar-refractivity contribution in [3.05, 3.63) is 18.0 Å². The lowest BCUT2D eigenvalue weighted by molar-refractivity contribution is 0.963. The summed E-state index contributed by atoms with van der Waals surface area (Å²) >= 11 is 0. The first-order valence-corrected chi connectivity index (χ1v) is 5.61. The molecule has 0 aliphatic carbocycles. The monoisotopic (exact) mass is 247 g/mol. The van der Waals surface area contributed by atoms with E-state index in [1.807, 2.05) is 38.3 Å². The molecule has 2 aromatic heterocycles. The Bertz CT molecular complexity index is 532. The van der Waals surface area contributed by atoms with Crippen molar-refractivity contribution >= 4 is 23.5 Å². The van der Waals surface area contributed by atoms with Crippen molar-refractivity contribution in [1.82, 2.24) is 19.9 Å². The number of nitrogens with zero attached hydrogens (tertiary/aromatic N) is 4. The fraction of sp³-hybridized carbons (Fsp3) is 0.364. The second-order valence-electron chi connectivity index (χ2n) is 4.10. The van der Waals surface area contributed by atoms with Crippen molar-refractivity contribution in [1.29, 1.82) is 0 Å². The molecule has 0 aliphatic rings. The van der Waals surface area contributed by atoms with E-state index in [1.165, 1.54) is 0 Å². The Balaban J connectivity index is 2.32. The lowest BCUT2D eigenvalue weighted by Gasteiger charge is -2.13. The fourth-order valence-electron chi connectivity index (χ4n) is 1.43. The number of hydrogen-bond acceptors (Lipinski definition) is 6. The first-order valence-electron chi connectivity index (χ1n) is 5.61. The molecular weight excluding hydrogens is 230 g/mol. The van der Waals surface area contributed by atoms with Gasteiger partial charge in [-0.05, 0) is 12.5 Å². The highest BCUT2D eigenvalue weighted by atomic mass is 15.3. The van der Waals surface area contributed by atoms with Crippen molar-refractivity contribution in [2.75, 3.05) is 36.7 Å². The van der Waals surface area contributed by atoms with Crippen LogP contribution in [-0.4, -0.2) is 41.1 Å². The molecule has 0 aromatic carbocycles. The van der Waals surface area contributed by atoms with Crippen LogP contribution in [0.15, 0.2) is 12.4 Å². The number of anilines is 4. The molecule has 0 aliphatic heterocycles. The van der Waals surface area contributed by atoms with Gasteiger partial charge in [0.25, 0.3) is 0 Å². The zero-order valence-electron chi connectivity index (χ0n) is 10.9. The molecule has 0 radical (unpaired) electrons. The van der Waals surface area contributed by atoms with Gasteiger partial charge in [-0.2, -0.15) is 15.0 Å². The van der Waals surface area contributed by atoms with E-state index in [4.69, 9.17) is 0 Å². The quantitative estimate of drug-likeness (QED) is 0.756. The van der Waals surface area contributed by atoms with E-state index in [2.05, 4.69) is 30.6 Å². The number of H-pyrrole nitrogens is 1. The average Bonchev–Trinajstić information content (AvgIpc) is 2.74. The summed E-state index contributed by atoms with van der Waals surface area (Å²) in [5.41, 5.74) is 2.06. The Labute approximate surface area is 106 Å². The summed E-state index contributed by atoms with van der Waals surface area (Å²) in [6.45, 7) is 2.01. The van der Waals surface area contributed by atoms with Gasteiger partial charge >= 0.3 is 0 Å². The second-order valence-corrected chi connectivity index (χ2v) is 4.10. The largest absolute Gasteiger partial charge is 0.366 e. The van der Waals surface area contributed by atoms with Crippen molar-refractivity contribution in [3.8, 4) is 0 Å². The van der Waals surface area contributed by atoms with Gasteiger partial charge in [0.2, 0.25) is 17.8 Å². The van der Waals surface area contributed by atoms with E-state index in [-0.39, 0.29) is 0 Å². The first-order chi connectivity index (χ1) is 8.60. The maximum Gasteiger partial charge on any atom is 0.233 e. The molecule has 7 heteroatoms. The Morgan fingerprint density at radius 2 is 1.83 bits per heavy atom. The van der Waals surface area contributed by atoms with Gasteiger partial charge in [-0.15, -0.1) is 0 Å². The number of rotatable bonds is 4. The zero-order chi connectivity index (χ0) is 13.1. The summed E-state index contributed by atoms with van der Waals surface area (Å²) in [6.07, 6.45) is 3.78. The second kappa shape index (κ2) is 4.91. The van der Waals surface area contributed by atoms with Crippen LogP contribution in [0.3, 0.4) is 0 Å².